The fourth-order valence-electron chi connectivity index (χ4n) is 4.11. The van der Waals surface area contributed by atoms with Crippen molar-refractivity contribution in [2.45, 2.75) is 12.1 Å². The van der Waals surface area contributed by atoms with E-state index in [9.17, 15) is 14.4 Å². The van der Waals surface area contributed by atoms with Crippen LogP contribution in [0.4, 0.5) is 4.79 Å². The summed E-state index contributed by atoms with van der Waals surface area (Å²) in [5.74, 6) is -0.717. The molecule has 1 aliphatic heterocycles. The SMILES string of the molecule is COC(=O)c1ccc(CN(C)CN2C(=O)NC(c3ccccc3)(c3ccccc3)C2=O)cc1. The second-order valence-electron chi connectivity index (χ2n) is 7.99. The van der Waals surface area contributed by atoms with E-state index >= 15 is 0 Å². The van der Waals surface area contributed by atoms with Gasteiger partial charge >= 0.3 is 12.0 Å². The van der Waals surface area contributed by atoms with Gasteiger partial charge in [0.1, 0.15) is 0 Å². The number of esters is 1. The van der Waals surface area contributed by atoms with E-state index in [-0.39, 0.29) is 12.6 Å². The molecule has 7 nitrogen and oxygen atoms in total. The van der Waals surface area contributed by atoms with E-state index in [1.54, 1.807) is 12.1 Å². The number of methoxy groups -OCH3 is 1. The molecule has 1 saturated heterocycles. The molecule has 1 aliphatic rings. The number of hydrogen-bond donors (Lipinski definition) is 1. The second-order valence-corrected chi connectivity index (χ2v) is 7.99. The first kappa shape index (κ1) is 22.2. The molecule has 0 unspecified atom stereocenters. The molecule has 0 saturated carbocycles. The van der Waals surface area contributed by atoms with E-state index < -0.39 is 17.5 Å². The van der Waals surface area contributed by atoms with Crippen LogP contribution >= 0.6 is 0 Å². The molecule has 0 atom stereocenters. The van der Waals surface area contributed by atoms with E-state index in [0.717, 1.165) is 5.56 Å². The summed E-state index contributed by atoms with van der Waals surface area (Å²) >= 11 is 0. The summed E-state index contributed by atoms with van der Waals surface area (Å²) in [7, 11) is 3.17. The number of hydrogen-bond acceptors (Lipinski definition) is 5. The molecular weight excluding hydrogens is 418 g/mol. The zero-order valence-electron chi connectivity index (χ0n) is 18.5. The minimum atomic E-state index is -1.28. The molecule has 3 amide bonds. The number of benzene rings is 3. The first-order chi connectivity index (χ1) is 16.0. The van der Waals surface area contributed by atoms with Gasteiger partial charge in [-0.05, 0) is 35.9 Å². The van der Waals surface area contributed by atoms with Gasteiger partial charge in [-0.25, -0.2) is 14.5 Å². The maximum absolute atomic E-state index is 13.7. The van der Waals surface area contributed by atoms with Crippen molar-refractivity contribution in [2.75, 3.05) is 20.8 Å². The van der Waals surface area contributed by atoms with Crippen LogP contribution in [0.2, 0.25) is 0 Å². The Morgan fingerprint density at radius 1 is 0.909 bits per heavy atom. The summed E-state index contributed by atoms with van der Waals surface area (Å²) in [6, 6.07) is 25.2. The minimum absolute atomic E-state index is 0.116. The zero-order valence-corrected chi connectivity index (χ0v) is 18.5. The van der Waals surface area contributed by atoms with E-state index in [1.807, 2.05) is 84.7 Å². The Bertz CT molecular complexity index is 1110. The molecular formula is C26H25N3O4. The Balaban J connectivity index is 1.56. The molecule has 7 heteroatoms. The number of nitrogens with zero attached hydrogens (tertiary/aromatic N) is 2. The molecule has 4 rings (SSSR count). The lowest BCUT2D eigenvalue weighted by molar-refractivity contribution is -0.131. The van der Waals surface area contributed by atoms with Gasteiger partial charge in [0.05, 0.1) is 19.3 Å². The number of imide groups is 1. The van der Waals surface area contributed by atoms with Crippen molar-refractivity contribution in [2.24, 2.45) is 0 Å². The summed E-state index contributed by atoms with van der Waals surface area (Å²) < 4.78 is 4.72. The molecule has 3 aromatic rings. The molecule has 1 heterocycles. The van der Waals surface area contributed by atoms with Gasteiger partial charge in [-0.3, -0.25) is 9.69 Å². The molecule has 0 spiro atoms. The third-order valence-electron chi connectivity index (χ3n) is 5.73. The summed E-state index contributed by atoms with van der Waals surface area (Å²) in [5, 5.41) is 2.95. The van der Waals surface area contributed by atoms with Crippen molar-refractivity contribution in [3.05, 3.63) is 107 Å². The maximum atomic E-state index is 13.7. The molecule has 168 valence electrons. The lowest BCUT2D eigenvalue weighted by Gasteiger charge is -2.28. The van der Waals surface area contributed by atoms with Gasteiger partial charge in [0.25, 0.3) is 5.91 Å². The predicted molar refractivity (Wildman–Crippen MR) is 123 cm³/mol. The highest BCUT2D eigenvalue weighted by atomic mass is 16.5. The van der Waals surface area contributed by atoms with Crippen LogP contribution in [0.25, 0.3) is 0 Å². The van der Waals surface area contributed by atoms with Crippen LogP contribution in [0.1, 0.15) is 27.0 Å². The molecule has 0 aliphatic carbocycles. The Labute approximate surface area is 192 Å². The van der Waals surface area contributed by atoms with Crippen molar-refractivity contribution in [1.29, 1.82) is 0 Å². The van der Waals surface area contributed by atoms with Crippen molar-refractivity contribution in [3.8, 4) is 0 Å². The number of carbonyl (C=O) groups excluding carboxylic acids is 3. The highest BCUT2D eigenvalue weighted by molar-refractivity contribution is 6.09. The van der Waals surface area contributed by atoms with Crippen molar-refractivity contribution < 1.29 is 19.1 Å². The lowest BCUT2D eigenvalue weighted by Crippen LogP contribution is -2.46. The van der Waals surface area contributed by atoms with Crippen LogP contribution in [0, 0.1) is 0 Å². The topological polar surface area (TPSA) is 79.0 Å². The van der Waals surface area contributed by atoms with Crippen LogP contribution in [-0.4, -0.2) is 48.5 Å². The van der Waals surface area contributed by atoms with Crippen LogP contribution in [0.5, 0.6) is 0 Å². The van der Waals surface area contributed by atoms with Gasteiger partial charge in [-0.15, -0.1) is 0 Å². The van der Waals surface area contributed by atoms with Gasteiger partial charge in [-0.1, -0.05) is 72.8 Å². The summed E-state index contributed by atoms with van der Waals surface area (Å²) in [5.41, 5.74) is 1.54. The van der Waals surface area contributed by atoms with E-state index in [1.165, 1.54) is 12.0 Å². The Hall–Kier alpha value is -3.97. The summed E-state index contributed by atoms with van der Waals surface area (Å²) in [6.07, 6.45) is 0. The summed E-state index contributed by atoms with van der Waals surface area (Å²) in [6.45, 7) is 0.604. The van der Waals surface area contributed by atoms with Gasteiger partial charge in [-0.2, -0.15) is 0 Å². The van der Waals surface area contributed by atoms with Gasteiger partial charge in [0.2, 0.25) is 0 Å². The third kappa shape index (κ3) is 4.23. The standard InChI is InChI=1S/C26H25N3O4/c1-28(17-19-13-15-20(16-14-19)23(30)33-2)18-29-24(31)26(27-25(29)32,21-9-5-3-6-10-21)22-11-7-4-8-12-22/h3-16H,17-18H2,1-2H3,(H,27,32). The number of nitrogens with one attached hydrogen (secondary N) is 1. The highest BCUT2D eigenvalue weighted by Crippen LogP contribution is 2.36. The van der Waals surface area contributed by atoms with Crippen molar-refractivity contribution in [3.63, 3.8) is 0 Å². The quantitative estimate of drug-likeness (QED) is 0.448. The van der Waals surface area contributed by atoms with E-state index in [0.29, 0.717) is 23.2 Å². The molecule has 0 bridgehead atoms. The van der Waals surface area contributed by atoms with Crippen LogP contribution in [0.15, 0.2) is 84.9 Å². The Morgan fingerprint density at radius 3 is 1.97 bits per heavy atom. The fraction of sp³-hybridized carbons (Fsp3) is 0.192. The Morgan fingerprint density at radius 2 is 1.45 bits per heavy atom. The van der Waals surface area contributed by atoms with Crippen molar-refractivity contribution >= 4 is 17.9 Å². The zero-order chi connectivity index (χ0) is 23.4. The average Bonchev–Trinajstić information content (AvgIpc) is 3.10. The van der Waals surface area contributed by atoms with E-state index in [2.05, 4.69) is 5.32 Å². The minimum Gasteiger partial charge on any atom is -0.465 e. The van der Waals surface area contributed by atoms with Crippen molar-refractivity contribution in [1.82, 2.24) is 15.1 Å². The third-order valence-corrected chi connectivity index (χ3v) is 5.73. The normalized spacial score (nSPS) is 14.9. The Kier molecular flexibility index (Phi) is 6.24. The maximum Gasteiger partial charge on any atom is 0.337 e. The largest absolute Gasteiger partial charge is 0.465 e. The van der Waals surface area contributed by atoms with Gasteiger partial charge in [0, 0.05) is 6.54 Å². The molecule has 3 aromatic carbocycles. The first-order valence-electron chi connectivity index (χ1n) is 10.6. The second kappa shape index (κ2) is 9.26. The molecule has 0 radical (unpaired) electrons. The van der Waals surface area contributed by atoms with Crippen LogP contribution in [-0.2, 0) is 21.6 Å². The number of rotatable bonds is 7. The smallest absolute Gasteiger partial charge is 0.337 e. The number of ether oxygens (including phenoxy) is 1. The molecule has 1 N–H and O–H groups in total. The molecule has 33 heavy (non-hydrogen) atoms. The van der Waals surface area contributed by atoms with E-state index in [4.69, 9.17) is 4.74 Å². The predicted octanol–water partition coefficient (Wildman–Crippen LogP) is 3.36. The summed E-state index contributed by atoms with van der Waals surface area (Å²) in [4.78, 5) is 41.5. The monoisotopic (exact) mass is 443 g/mol. The number of amides is 3. The first-order valence-corrected chi connectivity index (χ1v) is 10.6. The number of urea groups is 1. The van der Waals surface area contributed by atoms with Gasteiger partial charge in [0.15, 0.2) is 5.54 Å². The fourth-order valence-corrected chi connectivity index (χ4v) is 4.11. The molecule has 1 fully saturated rings. The van der Waals surface area contributed by atoms with Crippen LogP contribution in [0.3, 0.4) is 0 Å². The highest BCUT2D eigenvalue weighted by Gasteiger charge is 2.53. The number of carbonyl (C=O) groups is 3. The van der Waals surface area contributed by atoms with Gasteiger partial charge < -0.3 is 10.1 Å². The molecule has 0 aromatic heterocycles. The average molecular weight is 444 g/mol. The lowest BCUT2D eigenvalue weighted by atomic mass is 9.83. The van der Waals surface area contributed by atoms with Crippen LogP contribution < -0.4 is 5.32 Å².